The molecule has 0 aromatic heterocycles. The molecule has 0 heterocycles. The predicted octanol–water partition coefficient (Wildman–Crippen LogP) is -1.36. The molecule has 1 atom stereocenters. The summed E-state index contributed by atoms with van der Waals surface area (Å²) in [4.78, 5) is 31.7. The standard InChI is InChI=1S/C7H12BNO4/c1-5(11)6(9-8-4-10)3-7(12)13-2/h4,6,8-9H,3H2,1-2H3/t6-/m0/s1. The Morgan fingerprint density at radius 2 is 2.23 bits per heavy atom. The largest absolute Gasteiger partial charge is 0.469 e. The van der Waals surface area contributed by atoms with Crippen LogP contribution in [0.2, 0.25) is 0 Å². The lowest BCUT2D eigenvalue weighted by atomic mass is 9.94. The van der Waals surface area contributed by atoms with Crippen LogP contribution in [-0.4, -0.2) is 38.5 Å². The first-order valence-corrected chi connectivity index (χ1v) is 3.86. The van der Waals surface area contributed by atoms with Gasteiger partial charge in [0.25, 0.3) is 7.41 Å². The molecule has 0 saturated carbocycles. The molecule has 0 aliphatic rings. The first-order valence-electron chi connectivity index (χ1n) is 3.86. The van der Waals surface area contributed by atoms with E-state index in [9.17, 15) is 14.4 Å². The minimum absolute atomic E-state index is 0.0420. The molecule has 72 valence electrons. The van der Waals surface area contributed by atoms with E-state index >= 15 is 0 Å². The third-order valence-corrected chi connectivity index (χ3v) is 1.54. The second kappa shape index (κ2) is 6.36. The summed E-state index contributed by atoms with van der Waals surface area (Å²) in [5, 5.41) is 2.62. The molecule has 1 N–H and O–H groups in total. The number of Topliss-reactive ketones (excluding diaryl/α,β-unsaturated/α-hetero) is 1. The van der Waals surface area contributed by atoms with Crippen LogP contribution in [0.25, 0.3) is 0 Å². The van der Waals surface area contributed by atoms with Gasteiger partial charge in [0.2, 0.25) is 0 Å². The van der Waals surface area contributed by atoms with E-state index in [4.69, 9.17) is 0 Å². The maximum atomic E-state index is 10.9. The van der Waals surface area contributed by atoms with Crippen molar-refractivity contribution < 1.29 is 19.1 Å². The van der Waals surface area contributed by atoms with Crippen molar-refractivity contribution >= 4 is 25.4 Å². The Morgan fingerprint density at radius 1 is 1.62 bits per heavy atom. The van der Waals surface area contributed by atoms with E-state index < -0.39 is 12.0 Å². The molecule has 0 aromatic rings. The summed E-state index contributed by atoms with van der Waals surface area (Å²) in [6.07, 6.45) is 0.590. The number of ketones is 1. The maximum Gasteiger partial charge on any atom is 0.307 e. The van der Waals surface area contributed by atoms with Crippen molar-refractivity contribution in [2.45, 2.75) is 19.4 Å². The normalized spacial score (nSPS) is 11.5. The second-order valence-corrected chi connectivity index (χ2v) is 2.52. The summed E-state index contributed by atoms with van der Waals surface area (Å²) in [6, 6.07) is -0.627. The average molecular weight is 185 g/mol. The fourth-order valence-electron chi connectivity index (χ4n) is 0.800. The van der Waals surface area contributed by atoms with Crippen LogP contribution in [0.5, 0.6) is 0 Å². The van der Waals surface area contributed by atoms with Crippen LogP contribution in [0.15, 0.2) is 0 Å². The number of carbonyl (C=O) groups excluding carboxylic acids is 3. The van der Waals surface area contributed by atoms with Gasteiger partial charge in [0.1, 0.15) is 5.78 Å². The number of carbonyl (C=O) groups is 3. The molecular formula is C7H12BNO4. The molecule has 0 unspecified atom stereocenters. The Morgan fingerprint density at radius 3 is 2.62 bits per heavy atom. The number of ether oxygens (including phenoxy) is 1. The molecular weight excluding hydrogens is 173 g/mol. The van der Waals surface area contributed by atoms with E-state index in [2.05, 4.69) is 9.96 Å². The fourth-order valence-corrected chi connectivity index (χ4v) is 0.800. The van der Waals surface area contributed by atoms with Crippen molar-refractivity contribution in [2.75, 3.05) is 7.11 Å². The van der Waals surface area contributed by atoms with Crippen molar-refractivity contribution in [1.82, 2.24) is 5.23 Å². The zero-order chi connectivity index (χ0) is 10.3. The zero-order valence-corrected chi connectivity index (χ0v) is 7.70. The van der Waals surface area contributed by atoms with Crippen molar-refractivity contribution in [3.8, 4) is 0 Å². The molecule has 6 heteroatoms. The highest BCUT2D eigenvalue weighted by molar-refractivity contribution is 6.64. The predicted molar refractivity (Wildman–Crippen MR) is 48.1 cm³/mol. The molecule has 0 aliphatic carbocycles. The molecule has 0 spiro atoms. The van der Waals surface area contributed by atoms with E-state index in [1.165, 1.54) is 14.0 Å². The first kappa shape index (κ1) is 11.8. The van der Waals surface area contributed by atoms with Crippen LogP contribution in [0.1, 0.15) is 13.3 Å². The van der Waals surface area contributed by atoms with Crippen LogP contribution in [-0.2, 0) is 19.1 Å². The first-order chi connectivity index (χ1) is 6.11. The molecule has 0 amide bonds. The Bertz CT molecular complexity index is 207. The van der Waals surface area contributed by atoms with Gasteiger partial charge in [-0.05, 0) is 6.92 Å². The van der Waals surface area contributed by atoms with Crippen molar-refractivity contribution in [3.63, 3.8) is 0 Å². The minimum atomic E-state index is -0.627. The molecule has 0 radical (unpaired) electrons. The lowest BCUT2D eigenvalue weighted by molar-refractivity contribution is -0.142. The van der Waals surface area contributed by atoms with E-state index in [1.807, 2.05) is 0 Å². The van der Waals surface area contributed by atoms with Crippen LogP contribution < -0.4 is 5.23 Å². The zero-order valence-electron chi connectivity index (χ0n) is 7.70. The summed E-state index contributed by atoms with van der Waals surface area (Å²) in [5.74, 6) is -0.661. The topological polar surface area (TPSA) is 72.5 Å². The molecule has 0 rings (SSSR count). The third-order valence-electron chi connectivity index (χ3n) is 1.54. The fraction of sp³-hybridized carbons (Fsp3) is 0.571. The number of rotatable bonds is 6. The highest BCUT2D eigenvalue weighted by atomic mass is 16.5. The van der Waals surface area contributed by atoms with Crippen LogP contribution in [0.4, 0.5) is 0 Å². The molecule has 13 heavy (non-hydrogen) atoms. The number of hydrogen-bond donors (Lipinski definition) is 1. The van der Waals surface area contributed by atoms with Crippen molar-refractivity contribution in [2.24, 2.45) is 0 Å². The molecule has 0 fully saturated rings. The Labute approximate surface area is 77.1 Å². The summed E-state index contributed by atoms with van der Waals surface area (Å²) in [5.41, 5.74) is 0. The molecule has 5 nitrogen and oxygen atoms in total. The van der Waals surface area contributed by atoms with Gasteiger partial charge < -0.3 is 14.8 Å². The number of esters is 1. The summed E-state index contributed by atoms with van der Waals surface area (Å²) < 4.78 is 4.39. The smallest absolute Gasteiger partial charge is 0.307 e. The van der Waals surface area contributed by atoms with Crippen LogP contribution >= 0.6 is 0 Å². The lowest BCUT2D eigenvalue weighted by Gasteiger charge is -2.11. The van der Waals surface area contributed by atoms with Gasteiger partial charge in [0, 0.05) is 0 Å². The maximum absolute atomic E-state index is 10.9. The average Bonchev–Trinajstić information content (AvgIpc) is 2.11. The monoisotopic (exact) mass is 185 g/mol. The van der Waals surface area contributed by atoms with E-state index in [1.54, 1.807) is 0 Å². The third kappa shape index (κ3) is 5.13. The molecule has 0 saturated heterocycles. The Kier molecular flexibility index (Phi) is 5.79. The van der Waals surface area contributed by atoms with Gasteiger partial charge in [-0.1, -0.05) is 0 Å². The van der Waals surface area contributed by atoms with Crippen LogP contribution in [0, 0.1) is 0 Å². The molecule has 0 aliphatic heterocycles. The molecule has 0 bridgehead atoms. The van der Waals surface area contributed by atoms with Crippen molar-refractivity contribution in [3.05, 3.63) is 0 Å². The van der Waals surface area contributed by atoms with Gasteiger partial charge in [0.15, 0.2) is 0 Å². The van der Waals surface area contributed by atoms with E-state index in [0.29, 0.717) is 6.19 Å². The van der Waals surface area contributed by atoms with Gasteiger partial charge in [0.05, 0.1) is 25.8 Å². The Hall–Kier alpha value is -1.17. The summed E-state index contributed by atoms with van der Waals surface area (Å²) in [6.45, 7) is 1.35. The van der Waals surface area contributed by atoms with E-state index in [-0.39, 0.29) is 19.6 Å². The van der Waals surface area contributed by atoms with Gasteiger partial charge in [-0.3, -0.25) is 9.59 Å². The number of methoxy groups -OCH3 is 1. The van der Waals surface area contributed by atoms with Gasteiger partial charge in [-0.15, -0.1) is 0 Å². The molecule has 0 aromatic carbocycles. The summed E-state index contributed by atoms with van der Waals surface area (Å²) >= 11 is 0. The summed E-state index contributed by atoms with van der Waals surface area (Å²) in [7, 11) is 1.31. The van der Waals surface area contributed by atoms with Gasteiger partial charge in [-0.2, -0.15) is 0 Å². The minimum Gasteiger partial charge on any atom is -0.469 e. The Balaban J connectivity index is 4.01. The highest BCUT2D eigenvalue weighted by Gasteiger charge is 2.17. The second-order valence-electron chi connectivity index (χ2n) is 2.52. The highest BCUT2D eigenvalue weighted by Crippen LogP contribution is 1.94. The van der Waals surface area contributed by atoms with E-state index in [0.717, 1.165) is 0 Å². The van der Waals surface area contributed by atoms with Crippen LogP contribution in [0.3, 0.4) is 0 Å². The quantitative estimate of drug-likeness (QED) is 0.314. The number of hydrogen-bond acceptors (Lipinski definition) is 5. The van der Waals surface area contributed by atoms with Gasteiger partial charge in [-0.25, -0.2) is 0 Å². The van der Waals surface area contributed by atoms with Crippen molar-refractivity contribution in [1.29, 1.82) is 0 Å². The lowest BCUT2D eigenvalue weighted by Crippen LogP contribution is -2.40. The number of nitrogens with one attached hydrogen (secondary N) is 1. The SMILES string of the molecule is COC(=O)C[C@H](NBC=O)C(C)=O. The van der Waals surface area contributed by atoms with Gasteiger partial charge >= 0.3 is 5.97 Å².